The minimum absolute atomic E-state index is 0.159. The third kappa shape index (κ3) is 4.64. The summed E-state index contributed by atoms with van der Waals surface area (Å²) in [5.41, 5.74) is 5.79. The topological polar surface area (TPSA) is 99.4 Å². The van der Waals surface area contributed by atoms with Crippen molar-refractivity contribution < 1.29 is 29.9 Å². The number of hydrogen-bond acceptors (Lipinski definition) is 6. The van der Waals surface area contributed by atoms with Gasteiger partial charge in [-0.05, 0) is 77.6 Å². The summed E-state index contributed by atoms with van der Waals surface area (Å²) in [6.07, 6.45) is -3.68. The number of aromatic hydroxyl groups is 1. The number of ether oxygens (including phenoxy) is 2. The Labute approximate surface area is 187 Å². The maximum atomic E-state index is 10.2. The number of phenolic OH excluding ortho intramolecular Hbond substituents is 1. The molecule has 4 N–H and O–H groups in total. The fourth-order valence-electron chi connectivity index (χ4n) is 3.93. The van der Waals surface area contributed by atoms with Gasteiger partial charge in [-0.3, -0.25) is 0 Å². The highest BCUT2D eigenvalue weighted by Crippen LogP contribution is 2.32. The van der Waals surface area contributed by atoms with E-state index >= 15 is 0 Å². The Balaban J connectivity index is 1.56. The van der Waals surface area contributed by atoms with Crippen LogP contribution in [0.25, 0.3) is 22.3 Å². The molecule has 3 aromatic rings. The van der Waals surface area contributed by atoms with Gasteiger partial charge in [-0.15, -0.1) is 0 Å². The van der Waals surface area contributed by atoms with Crippen LogP contribution in [-0.2, 0) is 4.74 Å². The van der Waals surface area contributed by atoms with Crippen LogP contribution < -0.4 is 4.74 Å². The van der Waals surface area contributed by atoms with E-state index in [2.05, 4.69) is 6.07 Å². The van der Waals surface area contributed by atoms with Crippen molar-refractivity contribution in [3.05, 3.63) is 71.8 Å². The van der Waals surface area contributed by atoms with Gasteiger partial charge in [0.2, 0.25) is 6.29 Å². The van der Waals surface area contributed by atoms with Crippen LogP contribution in [0.15, 0.2) is 60.7 Å². The van der Waals surface area contributed by atoms with Gasteiger partial charge in [-0.2, -0.15) is 0 Å². The van der Waals surface area contributed by atoms with E-state index < -0.39 is 24.6 Å². The molecule has 0 aliphatic carbocycles. The molecule has 0 spiro atoms. The molecule has 1 saturated heterocycles. The van der Waals surface area contributed by atoms with E-state index in [0.29, 0.717) is 5.75 Å². The van der Waals surface area contributed by atoms with E-state index in [-0.39, 0.29) is 18.8 Å². The molecule has 0 saturated carbocycles. The monoisotopic (exact) mass is 436 g/mol. The summed E-state index contributed by atoms with van der Waals surface area (Å²) < 4.78 is 11.4. The minimum Gasteiger partial charge on any atom is -0.508 e. The zero-order valence-electron chi connectivity index (χ0n) is 18.1. The van der Waals surface area contributed by atoms with Crippen molar-refractivity contribution in [2.75, 3.05) is 6.61 Å². The molecule has 3 aromatic carbocycles. The number of aryl methyl sites for hydroxylation is 2. The molecule has 168 valence electrons. The first-order chi connectivity index (χ1) is 15.4. The lowest BCUT2D eigenvalue weighted by atomic mass is 9.97. The SMILES string of the molecule is Cc1cc(-c2cccc(-c3ccc(O[C@H]4OC(CO)CC(O)C4O)c(C)c3)c2)ccc1O. The van der Waals surface area contributed by atoms with E-state index in [1.807, 2.05) is 62.4 Å². The zero-order chi connectivity index (χ0) is 22.8. The molecule has 1 aliphatic rings. The van der Waals surface area contributed by atoms with Crippen molar-refractivity contribution in [1.29, 1.82) is 0 Å². The highest BCUT2D eigenvalue weighted by atomic mass is 16.7. The van der Waals surface area contributed by atoms with Crippen LogP contribution in [0.2, 0.25) is 0 Å². The average Bonchev–Trinajstić information content (AvgIpc) is 2.79. The largest absolute Gasteiger partial charge is 0.508 e. The molecule has 6 heteroatoms. The van der Waals surface area contributed by atoms with Gasteiger partial charge in [-0.25, -0.2) is 0 Å². The zero-order valence-corrected chi connectivity index (χ0v) is 18.1. The second-order valence-corrected chi connectivity index (χ2v) is 8.28. The van der Waals surface area contributed by atoms with Crippen LogP contribution in [0, 0.1) is 13.8 Å². The number of benzene rings is 3. The van der Waals surface area contributed by atoms with Crippen LogP contribution in [0.4, 0.5) is 0 Å². The van der Waals surface area contributed by atoms with Gasteiger partial charge in [0.05, 0.1) is 18.8 Å². The highest BCUT2D eigenvalue weighted by Gasteiger charge is 2.38. The maximum Gasteiger partial charge on any atom is 0.229 e. The summed E-state index contributed by atoms with van der Waals surface area (Å²) >= 11 is 0. The van der Waals surface area contributed by atoms with Crippen LogP contribution in [0.5, 0.6) is 11.5 Å². The molecule has 3 unspecified atom stereocenters. The Bertz CT molecular complexity index is 1100. The molecule has 0 bridgehead atoms. The standard InChI is InChI=1S/C26H28O6/c1-15-10-19(6-8-22(15)28)17-4-3-5-18(12-17)20-7-9-24(16(2)11-20)32-26-25(30)23(29)13-21(14-27)31-26/h3-12,21,23,25-30H,13-14H2,1-2H3/t21?,23?,25?,26-/m1/s1. The average molecular weight is 437 g/mol. The fourth-order valence-corrected chi connectivity index (χ4v) is 3.93. The van der Waals surface area contributed by atoms with Crippen LogP contribution >= 0.6 is 0 Å². The molecule has 32 heavy (non-hydrogen) atoms. The summed E-state index contributed by atoms with van der Waals surface area (Å²) in [5, 5.41) is 39.4. The van der Waals surface area contributed by atoms with Crippen molar-refractivity contribution in [2.24, 2.45) is 0 Å². The second kappa shape index (κ2) is 9.30. The van der Waals surface area contributed by atoms with Gasteiger partial charge in [0.15, 0.2) is 0 Å². The molecule has 1 aliphatic heterocycles. The van der Waals surface area contributed by atoms with Gasteiger partial charge in [0.1, 0.15) is 17.6 Å². The van der Waals surface area contributed by atoms with Crippen molar-refractivity contribution in [3.8, 4) is 33.8 Å². The first-order valence-electron chi connectivity index (χ1n) is 10.7. The summed E-state index contributed by atoms with van der Waals surface area (Å²) in [6, 6.07) is 19.4. The third-order valence-corrected chi connectivity index (χ3v) is 5.85. The van der Waals surface area contributed by atoms with Gasteiger partial charge >= 0.3 is 0 Å². The van der Waals surface area contributed by atoms with Crippen molar-refractivity contribution >= 4 is 0 Å². The van der Waals surface area contributed by atoms with E-state index in [9.17, 15) is 20.4 Å². The maximum absolute atomic E-state index is 10.2. The van der Waals surface area contributed by atoms with Gasteiger partial charge in [-0.1, -0.05) is 30.3 Å². The van der Waals surface area contributed by atoms with Gasteiger partial charge in [0.25, 0.3) is 0 Å². The second-order valence-electron chi connectivity index (χ2n) is 8.28. The van der Waals surface area contributed by atoms with Crippen LogP contribution in [0.1, 0.15) is 17.5 Å². The number of aliphatic hydroxyl groups excluding tert-OH is 3. The number of hydrogen-bond donors (Lipinski definition) is 4. The summed E-state index contributed by atoms with van der Waals surface area (Å²) in [6.45, 7) is 3.53. The lowest BCUT2D eigenvalue weighted by Gasteiger charge is -2.36. The fraction of sp³-hybridized carbons (Fsp3) is 0.308. The Morgan fingerprint density at radius 2 is 1.50 bits per heavy atom. The van der Waals surface area contributed by atoms with Gasteiger partial charge < -0.3 is 29.9 Å². The lowest BCUT2D eigenvalue weighted by Crippen LogP contribution is -2.51. The van der Waals surface area contributed by atoms with Crippen molar-refractivity contribution in [1.82, 2.24) is 0 Å². The van der Waals surface area contributed by atoms with E-state index in [4.69, 9.17) is 9.47 Å². The Hall–Kier alpha value is -2.90. The Morgan fingerprint density at radius 1 is 0.875 bits per heavy atom. The summed E-state index contributed by atoms with van der Waals surface area (Å²) in [5.74, 6) is 0.815. The Kier molecular flexibility index (Phi) is 6.48. The molecule has 4 atom stereocenters. The lowest BCUT2D eigenvalue weighted by molar-refractivity contribution is -0.240. The number of phenols is 1. The highest BCUT2D eigenvalue weighted by molar-refractivity contribution is 5.74. The predicted octanol–water partition coefficient (Wildman–Crippen LogP) is 3.55. The van der Waals surface area contributed by atoms with Crippen LogP contribution in [-0.4, -0.2) is 51.6 Å². The first kappa shape index (κ1) is 22.3. The van der Waals surface area contributed by atoms with E-state index in [1.54, 1.807) is 6.07 Å². The molecule has 4 rings (SSSR count). The molecule has 6 nitrogen and oxygen atoms in total. The molecule has 1 fully saturated rings. The van der Waals surface area contributed by atoms with E-state index in [0.717, 1.165) is 33.4 Å². The number of aliphatic hydroxyl groups is 3. The summed E-state index contributed by atoms with van der Waals surface area (Å²) in [4.78, 5) is 0. The predicted molar refractivity (Wildman–Crippen MR) is 121 cm³/mol. The smallest absolute Gasteiger partial charge is 0.229 e. The molecular formula is C26H28O6. The quantitative estimate of drug-likeness (QED) is 0.488. The summed E-state index contributed by atoms with van der Waals surface area (Å²) in [7, 11) is 0. The molecular weight excluding hydrogens is 408 g/mol. The third-order valence-electron chi connectivity index (χ3n) is 5.85. The van der Waals surface area contributed by atoms with Crippen molar-refractivity contribution in [2.45, 2.75) is 44.9 Å². The first-order valence-corrected chi connectivity index (χ1v) is 10.7. The van der Waals surface area contributed by atoms with Crippen molar-refractivity contribution in [3.63, 3.8) is 0 Å². The number of rotatable bonds is 5. The molecule has 0 aromatic heterocycles. The van der Waals surface area contributed by atoms with Gasteiger partial charge in [0, 0.05) is 6.42 Å². The Morgan fingerprint density at radius 3 is 2.12 bits per heavy atom. The molecule has 1 heterocycles. The molecule has 0 radical (unpaired) electrons. The molecule has 0 amide bonds. The van der Waals surface area contributed by atoms with Crippen LogP contribution in [0.3, 0.4) is 0 Å². The van der Waals surface area contributed by atoms with E-state index in [1.165, 1.54) is 0 Å². The minimum atomic E-state index is -1.19. The normalized spacial score (nSPS) is 23.2.